The van der Waals surface area contributed by atoms with Crippen molar-refractivity contribution in [3.05, 3.63) is 17.7 Å². The normalized spacial score (nSPS) is 22.6. The molecule has 126 valence electrons. The zero-order valence-electron chi connectivity index (χ0n) is 14.0. The molecule has 1 aliphatic carbocycles. The van der Waals surface area contributed by atoms with E-state index in [0.717, 1.165) is 32.4 Å². The lowest BCUT2D eigenvalue weighted by molar-refractivity contribution is -0.116. The Bertz CT molecular complexity index is 580. The highest BCUT2D eigenvalue weighted by Crippen LogP contribution is 2.50. The Kier molecular flexibility index (Phi) is 4.43. The molecule has 1 aromatic heterocycles. The molecular weight excluding hydrogens is 296 g/mol. The second-order valence-electron chi connectivity index (χ2n) is 6.33. The van der Waals surface area contributed by atoms with Crippen LogP contribution in [-0.4, -0.2) is 56.3 Å². The molecule has 6 nitrogen and oxygen atoms in total. The van der Waals surface area contributed by atoms with Gasteiger partial charge in [0.15, 0.2) is 0 Å². The number of rotatable bonds is 4. The maximum atomic E-state index is 12.8. The SMILES string of the molecule is COc1ccc(C(=O)N2CCC3(CCC3OC)CC2)c(OC)n1. The number of carbonyl (C=O) groups excluding carboxylic acids is 1. The van der Waals surface area contributed by atoms with Crippen molar-refractivity contribution in [1.82, 2.24) is 9.88 Å². The number of ether oxygens (including phenoxy) is 3. The van der Waals surface area contributed by atoms with Gasteiger partial charge in [0.05, 0.1) is 20.3 Å². The lowest BCUT2D eigenvalue weighted by atomic mass is 9.60. The highest BCUT2D eigenvalue weighted by Gasteiger charge is 2.49. The van der Waals surface area contributed by atoms with Gasteiger partial charge >= 0.3 is 0 Å². The van der Waals surface area contributed by atoms with Crippen LogP contribution in [0, 0.1) is 5.41 Å². The summed E-state index contributed by atoms with van der Waals surface area (Å²) in [6.45, 7) is 1.52. The highest BCUT2D eigenvalue weighted by molar-refractivity contribution is 5.96. The molecule has 2 heterocycles. The Balaban J connectivity index is 1.70. The van der Waals surface area contributed by atoms with Crippen molar-refractivity contribution < 1.29 is 19.0 Å². The Morgan fingerprint density at radius 3 is 2.43 bits per heavy atom. The second kappa shape index (κ2) is 6.35. The molecule has 1 aliphatic heterocycles. The number of aromatic nitrogens is 1. The number of carbonyl (C=O) groups is 1. The summed E-state index contributed by atoms with van der Waals surface area (Å²) in [5.41, 5.74) is 0.773. The van der Waals surface area contributed by atoms with Crippen LogP contribution in [0.15, 0.2) is 12.1 Å². The molecule has 0 aromatic carbocycles. The van der Waals surface area contributed by atoms with Gasteiger partial charge in [-0.15, -0.1) is 0 Å². The first-order chi connectivity index (χ1) is 11.1. The average molecular weight is 320 g/mol. The van der Waals surface area contributed by atoms with Gasteiger partial charge in [0.25, 0.3) is 5.91 Å². The van der Waals surface area contributed by atoms with E-state index in [-0.39, 0.29) is 11.3 Å². The molecule has 3 rings (SSSR count). The van der Waals surface area contributed by atoms with Gasteiger partial charge in [0, 0.05) is 31.7 Å². The molecule has 1 atom stereocenters. The minimum Gasteiger partial charge on any atom is -0.481 e. The minimum absolute atomic E-state index is 0.0276. The number of hydrogen-bond acceptors (Lipinski definition) is 5. The van der Waals surface area contributed by atoms with Crippen LogP contribution in [0.2, 0.25) is 0 Å². The second-order valence-corrected chi connectivity index (χ2v) is 6.33. The largest absolute Gasteiger partial charge is 0.481 e. The Morgan fingerprint density at radius 2 is 1.91 bits per heavy atom. The third kappa shape index (κ3) is 2.76. The fourth-order valence-corrected chi connectivity index (χ4v) is 3.79. The lowest BCUT2D eigenvalue weighted by Gasteiger charge is -2.53. The quantitative estimate of drug-likeness (QED) is 0.850. The van der Waals surface area contributed by atoms with E-state index in [4.69, 9.17) is 14.2 Å². The summed E-state index contributed by atoms with van der Waals surface area (Å²) >= 11 is 0. The van der Waals surface area contributed by atoms with E-state index in [2.05, 4.69) is 4.98 Å². The first-order valence-electron chi connectivity index (χ1n) is 8.04. The predicted octanol–water partition coefficient (Wildman–Crippen LogP) is 2.13. The lowest BCUT2D eigenvalue weighted by Crippen LogP contribution is -2.53. The standard InChI is InChI=1S/C17H24N2O4/c1-21-13-6-7-17(13)8-10-19(11-9-17)16(20)12-4-5-14(22-2)18-15(12)23-3/h4-5,13H,6-11H2,1-3H3. The molecule has 2 aliphatic rings. The molecule has 1 saturated heterocycles. The number of pyridine rings is 1. The number of likely N-dealkylation sites (tertiary alicyclic amines) is 1. The van der Waals surface area contributed by atoms with Crippen LogP contribution in [0.1, 0.15) is 36.0 Å². The van der Waals surface area contributed by atoms with Crippen LogP contribution < -0.4 is 9.47 Å². The minimum atomic E-state index is -0.0276. The van der Waals surface area contributed by atoms with Crippen molar-refractivity contribution in [2.45, 2.75) is 31.8 Å². The summed E-state index contributed by atoms with van der Waals surface area (Å²) in [4.78, 5) is 18.9. The van der Waals surface area contributed by atoms with E-state index >= 15 is 0 Å². The fraction of sp³-hybridized carbons (Fsp3) is 0.647. The highest BCUT2D eigenvalue weighted by atomic mass is 16.5. The molecule has 0 bridgehead atoms. The molecule has 0 radical (unpaired) electrons. The summed E-state index contributed by atoms with van der Waals surface area (Å²) in [5.74, 6) is 0.724. The maximum absolute atomic E-state index is 12.8. The van der Waals surface area contributed by atoms with E-state index in [1.165, 1.54) is 20.6 Å². The van der Waals surface area contributed by atoms with Gasteiger partial charge in [-0.25, -0.2) is 0 Å². The molecule has 6 heteroatoms. The van der Waals surface area contributed by atoms with E-state index < -0.39 is 0 Å². The van der Waals surface area contributed by atoms with Crippen LogP contribution in [-0.2, 0) is 4.74 Å². The van der Waals surface area contributed by atoms with E-state index in [1.54, 1.807) is 19.2 Å². The van der Waals surface area contributed by atoms with Crippen molar-refractivity contribution in [2.75, 3.05) is 34.4 Å². The first-order valence-corrected chi connectivity index (χ1v) is 8.04. The molecule has 1 unspecified atom stereocenters. The van der Waals surface area contributed by atoms with Crippen LogP contribution in [0.25, 0.3) is 0 Å². The van der Waals surface area contributed by atoms with Crippen LogP contribution in [0.3, 0.4) is 0 Å². The molecule has 1 saturated carbocycles. The molecule has 1 spiro atoms. The van der Waals surface area contributed by atoms with Crippen LogP contribution in [0.5, 0.6) is 11.8 Å². The van der Waals surface area contributed by atoms with Gasteiger partial charge in [-0.2, -0.15) is 4.98 Å². The molecule has 2 fully saturated rings. The zero-order chi connectivity index (χ0) is 16.4. The third-order valence-electron chi connectivity index (χ3n) is 5.39. The number of hydrogen-bond donors (Lipinski definition) is 0. The Morgan fingerprint density at radius 1 is 1.17 bits per heavy atom. The summed E-state index contributed by atoms with van der Waals surface area (Å²) in [5, 5.41) is 0. The Hall–Kier alpha value is -1.82. The molecule has 0 N–H and O–H groups in total. The summed E-state index contributed by atoms with van der Waals surface area (Å²) < 4.78 is 15.9. The topological polar surface area (TPSA) is 60.9 Å². The fourth-order valence-electron chi connectivity index (χ4n) is 3.79. The monoisotopic (exact) mass is 320 g/mol. The summed E-state index contributed by atoms with van der Waals surface area (Å²) in [7, 11) is 4.84. The van der Waals surface area contributed by atoms with Crippen molar-refractivity contribution in [2.24, 2.45) is 5.41 Å². The molecule has 1 amide bonds. The van der Waals surface area contributed by atoms with Crippen molar-refractivity contribution in [3.63, 3.8) is 0 Å². The van der Waals surface area contributed by atoms with Crippen molar-refractivity contribution in [1.29, 1.82) is 0 Å². The average Bonchev–Trinajstić information content (AvgIpc) is 2.60. The van der Waals surface area contributed by atoms with Crippen molar-refractivity contribution in [3.8, 4) is 11.8 Å². The predicted molar refractivity (Wildman–Crippen MR) is 84.9 cm³/mol. The molecule has 1 aromatic rings. The number of amides is 1. The zero-order valence-corrected chi connectivity index (χ0v) is 14.0. The van der Waals surface area contributed by atoms with Crippen LogP contribution >= 0.6 is 0 Å². The third-order valence-corrected chi connectivity index (χ3v) is 5.39. The van der Waals surface area contributed by atoms with Gasteiger partial charge < -0.3 is 19.1 Å². The van der Waals surface area contributed by atoms with Gasteiger partial charge in [-0.05, 0) is 31.7 Å². The van der Waals surface area contributed by atoms with Gasteiger partial charge in [-0.3, -0.25) is 4.79 Å². The van der Waals surface area contributed by atoms with Gasteiger partial charge in [0.1, 0.15) is 5.56 Å². The van der Waals surface area contributed by atoms with E-state index in [0.29, 0.717) is 23.4 Å². The summed E-state index contributed by atoms with van der Waals surface area (Å²) in [6, 6.07) is 3.41. The number of nitrogens with zero attached hydrogens (tertiary/aromatic N) is 2. The molecule has 23 heavy (non-hydrogen) atoms. The Labute approximate surface area is 136 Å². The van der Waals surface area contributed by atoms with E-state index in [1.807, 2.05) is 4.90 Å². The van der Waals surface area contributed by atoms with Crippen molar-refractivity contribution >= 4 is 5.91 Å². The molecular formula is C17H24N2O4. The number of methoxy groups -OCH3 is 3. The van der Waals surface area contributed by atoms with Gasteiger partial charge in [0.2, 0.25) is 11.8 Å². The summed E-state index contributed by atoms with van der Waals surface area (Å²) in [6.07, 6.45) is 4.71. The van der Waals surface area contributed by atoms with Gasteiger partial charge in [-0.1, -0.05) is 0 Å². The number of piperidine rings is 1. The maximum Gasteiger partial charge on any atom is 0.259 e. The van der Waals surface area contributed by atoms with Crippen LogP contribution in [0.4, 0.5) is 0 Å². The first kappa shape index (κ1) is 16.1. The smallest absolute Gasteiger partial charge is 0.259 e. The van der Waals surface area contributed by atoms with E-state index in [9.17, 15) is 4.79 Å².